The Morgan fingerprint density at radius 1 is 1.31 bits per heavy atom. The molecule has 3 rings (SSSR count). The fourth-order valence-electron chi connectivity index (χ4n) is 5.25. The maximum Gasteiger partial charge on any atom is 0.322 e. The van der Waals surface area contributed by atoms with Gasteiger partial charge < -0.3 is 15.3 Å². The lowest BCUT2D eigenvalue weighted by atomic mass is 9.66. The third kappa shape index (κ3) is 5.31. The number of urea groups is 1. The summed E-state index contributed by atoms with van der Waals surface area (Å²) in [6.07, 6.45) is 5.33. The smallest absolute Gasteiger partial charge is 0.322 e. The zero-order valence-corrected chi connectivity index (χ0v) is 20.9. The average molecular weight is 461 g/mol. The fourth-order valence-corrected chi connectivity index (χ4v) is 5.59. The van der Waals surface area contributed by atoms with Crippen molar-refractivity contribution in [3.05, 3.63) is 46.1 Å². The first-order valence-corrected chi connectivity index (χ1v) is 12.0. The van der Waals surface area contributed by atoms with Crippen LogP contribution >= 0.6 is 11.6 Å². The van der Waals surface area contributed by atoms with Gasteiger partial charge in [-0.2, -0.15) is 0 Å². The minimum Gasteiger partial charge on any atom is -0.481 e. The molecule has 0 spiro atoms. The van der Waals surface area contributed by atoms with Gasteiger partial charge in [-0.15, -0.1) is 0 Å². The molecule has 0 bridgehead atoms. The highest BCUT2D eigenvalue weighted by Gasteiger charge is 2.40. The van der Waals surface area contributed by atoms with Crippen LogP contribution in [0.3, 0.4) is 0 Å². The van der Waals surface area contributed by atoms with E-state index in [2.05, 4.69) is 52.1 Å². The van der Waals surface area contributed by atoms with Crippen LogP contribution in [0.5, 0.6) is 0 Å². The molecular formula is C26H37ClN2O3. The molecule has 176 valence electrons. The van der Waals surface area contributed by atoms with Crippen LogP contribution < -0.4 is 5.32 Å². The molecule has 0 radical (unpaired) electrons. The lowest BCUT2D eigenvalue weighted by molar-refractivity contribution is -0.137. The highest BCUT2D eigenvalue weighted by molar-refractivity contribution is 6.31. The molecule has 1 aromatic rings. The van der Waals surface area contributed by atoms with E-state index in [0.29, 0.717) is 11.3 Å². The number of carboxylic acid groups (broad SMARTS) is 1. The summed E-state index contributed by atoms with van der Waals surface area (Å²) in [6, 6.07) is 5.92. The molecule has 2 N–H and O–H groups in total. The number of carboxylic acids is 1. The number of hydrogen-bond donors (Lipinski definition) is 2. The van der Waals surface area contributed by atoms with Crippen LogP contribution in [-0.4, -0.2) is 28.6 Å². The minimum atomic E-state index is -0.922. The van der Waals surface area contributed by atoms with Crippen molar-refractivity contribution in [3.63, 3.8) is 0 Å². The zero-order valence-electron chi connectivity index (χ0n) is 20.2. The number of aliphatic carboxylic acids is 1. The molecule has 2 aliphatic rings. The first kappa shape index (κ1) is 24.6. The van der Waals surface area contributed by atoms with E-state index in [1.165, 1.54) is 29.7 Å². The number of rotatable bonds is 7. The molecule has 2 amide bonds. The summed E-state index contributed by atoms with van der Waals surface area (Å²) in [6.45, 7) is 13.2. The highest BCUT2D eigenvalue weighted by atomic mass is 35.5. The van der Waals surface area contributed by atoms with E-state index in [1.807, 2.05) is 19.2 Å². The number of benzene rings is 1. The minimum absolute atomic E-state index is 0.0931. The van der Waals surface area contributed by atoms with Crippen molar-refractivity contribution < 1.29 is 14.7 Å². The predicted octanol–water partition coefficient (Wildman–Crippen LogP) is 6.52. The van der Waals surface area contributed by atoms with Crippen molar-refractivity contribution >= 4 is 23.6 Å². The van der Waals surface area contributed by atoms with E-state index in [0.717, 1.165) is 22.1 Å². The van der Waals surface area contributed by atoms with E-state index in [9.17, 15) is 9.59 Å². The van der Waals surface area contributed by atoms with Gasteiger partial charge in [-0.25, -0.2) is 4.79 Å². The fraction of sp³-hybridized carbons (Fsp3) is 0.615. The number of hydrogen-bond acceptors (Lipinski definition) is 2. The second-order valence-electron chi connectivity index (χ2n) is 11.2. The van der Waals surface area contributed by atoms with Crippen molar-refractivity contribution in [2.24, 2.45) is 17.3 Å². The normalized spacial score (nSPS) is 25.9. The lowest BCUT2D eigenvalue weighted by Gasteiger charge is -2.43. The molecule has 1 heterocycles. The maximum absolute atomic E-state index is 12.8. The Hall–Kier alpha value is -2.01. The van der Waals surface area contributed by atoms with Gasteiger partial charge in [-0.05, 0) is 72.1 Å². The summed E-state index contributed by atoms with van der Waals surface area (Å²) < 4.78 is 0. The van der Waals surface area contributed by atoms with Crippen molar-refractivity contribution in [1.82, 2.24) is 10.2 Å². The SMILES string of the molecule is CC(C)C1=CN(CCC(=O)O)C(=O)N[C@@]1(C)c1ccc([C@H]2C[C@@H](CC(C)(C)C)C2)c(Cl)c1. The van der Waals surface area contributed by atoms with Crippen molar-refractivity contribution in [1.29, 1.82) is 0 Å². The van der Waals surface area contributed by atoms with Crippen LogP contribution in [0, 0.1) is 17.3 Å². The van der Waals surface area contributed by atoms with Gasteiger partial charge in [0.25, 0.3) is 0 Å². The number of carbonyl (C=O) groups is 2. The number of halogens is 1. The molecule has 6 heteroatoms. The molecule has 1 aromatic carbocycles. The molecule has 1 saturated carbocycles. The summed E-state index contributed by atoms with van der Waals surface area (Å²) in [5.74, 6) is 0.507. The van der Waals surface area contributed by atoms with Crippen LogP contribution in [0.15, 0.2) is 30.0 Å². The molecule has 1 aliphatic heterocycles. The topological polar surface area (TPSA) is 69.6 Å². The summed E-state index contributed by atoms with van der Waals surface area (Å²) in [5.41, 5.74) is 2.84. The molecular weight excluding hydrogens is 424 g/mol. The van der Waals surface area contributed by atoms with Crippen LogP contribution in [0.25, 0.3) is 0 Å². The quantitative estimate of drug-likeness (QED) is 0.486. The monoisotopic (exact) mass is 460 g/mol. The summed E-state index contributed by atoms with van der Waals surface area (Å²) >= 11 is 6.77. The predicted molar refractivity (Wildman–Crippen MR) is 129 cm³/mol. The second-order valence-corrected chi connectivity index (χ2v) is 11.6. The Morgan fingerprint density at radius 2 is 1.97 bits per heavy atom. The Kier molecular flexibility index (Phi) is 6.99. The van der Waals surface area contributed by atoms with Gasteiger partial charge in [0.1, 0.15) is 0 Å². The molecule has 0 aromatic heterocycles. The maximum atomic E-state index is 12.8. The van der Waals surface area contributed by atoms with Gasteiger partial charge in [-0.3, -0.25) is 4.79 Å². The Balaban J connectivity index is 1.82. The first-order chi connectivity index (χ1) is 14.8. The third-order valence-electron chi connectivity index (χ3n) is 6.83. The van der Waals surface area contributed by atoms with Gasteiger partial charge in [0.2, 0.25) is 0 Å². The van der Waals surface area contributed by atoms with Crippen LogP contribution in [-0.2, 0) is 10.3 Å². The zero-order chi connectivity index (χ0) is 23.8. The number of carbonyl (C=O) groups excluding carboxylic acids is 1. The van der Waals surface area contributed by atoms with Gasteiger partial charge in [-0.1, -0.05) is 58.4 Å². The van der Waals surface area contributed by atoms with Gasteiger partial charge in [0.15, 0.2) is 0 Å². The summed E-state index contributed by atoms with van der Waals surface area (Å²) in [4.78, 5) is 25.2. The van der Waals surface area contributed by atoms with E-state index in [4.69, 9.17) is 16.7 Å². The average Bonchev–Trinajstić information content (AvgIpc) is 2.62. The number of amides is 2. The van der Waals surface area contributed by atoms with Gasteiger partial charge >= 0.3 is 12.0 Å². The Bertz CT molecular complexity index is 912. The molecule has 1 fully saturated rings. The molecule has 1 atom stereocenters. The number of nitrogens with zero attached hydrogens (tertiary/aromatic N) is 1. The first-order valence-electron chi connectivity index (χ1n) is 11.6. The Labute approximate surface area is 197 Å². The van der Waals surface area contributed by atoms with E-state index >= 15 is 0 Å². The molecule has 5 nitrogen and oxygen atoms in total. The van der Waals surface area contributed by atoms with Crippen molar-refractivity contribution in [2.45, 2.75) is 78.7 Å². The molecule has 0 saturated heterocycles. The van der Waals surface area contributed by atoms with Gasteiger partial charge in [0, 0.05) is 17.8 Å². The highest BCUT2D eigenvalue weighted by Crippen LogP contribution is 2.49. The van der Waals surface area contributed by atoms with Crippen LogP contribution in [0.1, 0.15) is 84.3 Å². The van der Waals surface area contributed by atoms with Crippen LogP contribution in [0.2, 0.25) is 5.02 Å². The second kappa shape index (κ2) is 9.09. The molecule has 0 unspecified atom stereocenters. The summed E-state index contributed by atoms with van der Waals surface area (Å²) in [5, 5.41) is 12.9. The van der Waals surface area contributed by atoms with Crippen molar-refractivity contribution in [2.75, 3.05) is 6.54 Å². The van der Waals surface area contributed by atoms with Crippen molar-refractivity contribution in [3.8, 4) is 0 Å². The molecule has 1 aliphatic carbocycles. The van der Waals surface area contributed by atoms with E-state index in [-0.39, 0.29) is 24.9 Å². The van der Waals surface area contributed by atoms with Crippen LogP contribution in [0.4, 0.5) is 4.79 Å². The standard InChI is InChI=1S/C26H37ClN2O3/c1-16(2)21-15-29(10-9-23(30)31)24(32)28-26(21,6)19-7-8-20(22(27)13-19)18-11-17(12-18)14-25(3,4)5/h7-8,13,15-18H,9-12,14H2,1-6H3,(H,28,32)(H,30,31)/t17-,18+,26-/m0/s1. The van der Waals surface area contributed by atoms with E-state index in [1.54, 1.807) is 0 Å². The largest absolute Gasteiger partial charge is 0.481 e. The molecule has 32 heavy (non-hydrogen) atoms. The van der Waals surface area contributed by atoms with E-state index < -0.39 is 11.5 Å². The summed E-state index contributed by atoms with van der Waals surface area (Å²) in [7, 11) is 0. The lowest BCUT2D eigenvalue weighted by Crippen LogP contribution is -2.55. The van der Waals surface area contributed by atoms with Gasteiger partial charge in [0.05, 0.1) is 12.0 Å². The Morgan fingerprint density at radius 3 is 2.50 bits per heavy atom. The number of nitrogens with one attached hydrogen (secondary N) is 1. The third-order valence-corrected chi connectivity index (χ3v) is 7.16.